The van der Waals surface area contributed by atoms with Crippen molar-refractivity contribution in [1.82, 2.24) is 14.2 Å². The van der Waals surface area contributed by atoms with Gasteiger partial charge in [-0.25, -0.2) is 12.7 Å². The number of fused-ring (bicyclic) bond motifs is 2. The fourth-order valence-corrected chi connectivity index (χ4v) is 4.54. The number of pyridine rings is 1. The second-order valence-corrected chi connectivity index (χ2v) is 9.81. The second-order valence-electron chi connectivity index (χ2n) is 7.66. The third-order valence-corrected chi connectivity index (χ3v) is 7.20. The van der Waals surface area contributed by atoms with Crippen LogP contribution in [0, 0.1) is 0 Å². The topological polar surface area (TPSA) is 88.5 Å². The monoisotopic (exact) mass is 449 g/mol. The van der Waals surface area contributed by atoms with Gasteiger partial charge < -0.3 is 9.88 Å². The van der Waals surface area contributed by atoms with Crippen molar-refractivity contribution < 1.29 is 13.2 Å². The van der Waals surface area contributed by atoms with Gasteiger partial charge in [-0.15, -0.1) is 0 Å². The molecule has 0 aliphatic rings. The van der Waals surface area contributed by atoms with E-state index < -0.39 is 10.0 Å². The standard InChI is InChI=1S/C24H23N3O4S/c1-26(2)32(30,31)18-13-11-17(12-14-18)15-25-23(28)16-27-21-9-5-3-7-19(21)24(29)20-8-4-6-10-22(20)27/h3-14H,15-16H2,1-2H3,(H,25,28). The van der Waals surface area contributed by atoms with Crippen molar-refractivity contribution in [2.75, 3.05) is 14.1 Å². The Morgan fingerprint density at radius 2 is 1.41 bits per heavy atom. The second kappa shape index (κ2) is 8.57. The molecule has 1 aromatic heterocycles. The molecule has 0 unspecified atom stereocenters. The Morgan fingerprint density at radius 3 is 1.94 bits per heavy atom. The molecule has 32 heavy (non-hydrogen) atoms. The van der Waals surface area contributed by atoms with Crippen LogP contribution in [0.1, 0.15) is 5.56 Å². The SMILES string of the molecule is CN(C)S(=O)(=O)c1ccc(CNC(=O)Cn2c3ccccc3c(=O)c3ccccc32)cc1. The Bertz CT molecular complexity index is 1410. The molecular formula is C24H23N3O4S. The van der Waals surface area contributed by atoms with Crippen LogP contribution in [0.5, 0.6) is 0 Å². The number of nitrogens with zero attached hydrogens (tertiary/aromatic N) is 2. The highest BCUT2D eigenvalue weighted by Gasteiger charge is 2.17. The first-order valence-electron chi connectivity index (χ1n) is 10.1. The van der Waals surface area contributed by atoms with Crippen LogP contribution < -0.4 is 10.7 Å². The molecule has 7 nitrogen and oxygen atoms in total. The minimum Gasteiger partial charge on any atom is -0.350 e. The quantitative estimate of drug-likeness (QED) is 0.459. The van der Waals surface area contributed by atoms with Gasteiger partial charge in [0.2, 0.25) is 15.9 Å². The first kappa shape index (κ1) is 21.7. The van der Waals surface area contributed by atoms with Crippen molar-refractivity contribution in [3.05, 3.63) is 88.6 Å². The molecular weight excluding hydrogens is 426 g/mol. The Morgan fingerprint density at radius 1 is 0.875 bits per heavy atom. The number of hydrogen-bond donors (Lipinski definition) is 1. The van der Waals surface area contributed by atoms with Crippen LogP contribution in [0.25, 0.3) is 21.8 Å². The van der Waals surface area contributed by atoms with Gasteiger partial charge in [-0.1, -0.05) is 36.4 Å². The molecule has 3 aromatic carbocycles. The van der Waals surface area contributed by atoms with Gasteiger partial charge in [-0.05, 0) is 42.0 Å². The van der Waals surface area contributed by atoms with E-state index in [0.717, 1.165) is 9.87 Å². The average Bonchev–Trinajstić information content (AvgIpc) is 2.80. The fourth-order valence-electron chi connectivity index (χ4n) is 3.64. The van der Waals surface area contributed by atoms with Gasteiger partial charge in [0.1, 0.15) is 6.54 Å². The summed E-state index contributed by atoms with van der Waals surface area (Å²) >= 11 is 0. The number of sulfonamides is 1. The lowest BCUT2D eigenvalue weighted by atomic mass is 10.1. The van der Waals surface area contributed by atoms with Gasteiger partial charge in [-0.2, -0.15) is 0 Å². The molecule has 0 spiro atoms. The molecule has 0 saturated carbocycles. The number of carbonyl (C=O) groups excluding carboxylic acids is 1. The van der Waals surface area contributed by atoms with Crippen molar-refractivity contribution in [1.29, 1.82) is 0 Å². The van der Waals surface area contributed by atoms with Gasteiger partial charge in [0.25, 0.3) is 0 Å². The predicted molar refractivity (Wildman–Crippen MR) is 125 cm³/mol. The van der Waals surface area contributed by atoms with E-state index in [9.17, 15) is 18.0 Å². The predicted octanol–water partition coefficient (Wildman–Crippen LogP) is 2.72. The highest BCUT2D eigenvalue weighted by atomic mass is 32.2. The van der Waals surface area contributed by atoms with E-state index in [0.29, 0.717) is 21.8 Å². The molecule has 1 N–H and O–H groups in total. The maximum atomic E-state index is 12.8. The molecule has 1 amide bonds. The molecule has 0 atom stereocenters. The van der Waals surface area contributed by atoms with Crippen molar-refractivity contribution >= 4 is 37.7 Å². The number of nitrogens with one attached hydrogen (secondary N) is 1. The summed E-state index contributed by atoms with van der Waals surface area (Å²) in [6, 6.07) is 20.9. The van der Waals surface area contributed by atoms with E-state index in [2.05, 4.69) is 5.32 Å². The number of aromatic nitrogens is 1. The van der Waals surface area contributed by atoms with Gasteiger partial charge in [0, 0.05) is 31.4 Å². The maximum absolute atomic E-state index is 12.8. The molecule has 164 valence electrons. The number of rotatable bonds is 6. The maximum Gasteiger partial charge on any atom is 0.242 e. The minimum absolute atomic E-state index is 0.0500. The van der Waals surface area contributed by atoms with Crippen molar-refractivity contribution in [3.63, 3.8) is 0 Å². The summed E-state index contributed by atoms with van der Waals surface area (Å²) in [5, 5.41) is 4.01. The van der Waals surface area contributed by atoms with E-state index in [4.69, 9.17) is 0 Å². The van der Waals surface area contributed by atoms with Crippen LogP contribution >= 0.6 is 0 Å². The number of para-hydroxylation sites is 2. The smallest absolute Gasteiger partial charge is 0.242 e. The zero-order valence-corrected chi connectivity index (χ0v) is 18.6. The van der Waals surface area contributed by atoms with E-state index >= 15 is 0 Å². The minimum atomic E-state index is -3.49. The largest absolute Gasteiger partial charge is 0.350 e. The zero-order valence-electron chi connectivity index (χ0n) is 17.8. The summed E-state index contributed by atoms with van der Waals surface area (Å²) < 4.78 is 27.4. The van der Waals surface area contributed by atoms with Gasteiger partial charge in [0.05, 0.1) is 15.9 Å². The zero-order chi connectivity index (χ0) is 22.9. The summed E-state index contributed by atoms with van der Waals surface area (Å²) in [7, 11) is -0.533. The normalized spacial score (nSPS) is 11.8. The van der Waals surface area contributed by atoms with Crippen molar-refractivity contribution in [3.8, 4) is 0 Å². The van der Waals surface area contributed by atoms with Crippen LogP contribution in [0.15, 0.2) is 82.5 Å². The highest BCUT2D eigenvalue weighted by molar-refractivity contribution is 7.89. The summed E-state index contributed by atoms with van der Waals surface area (Å²) in [5.41, 5.74) is 2.13. The van der Waals surface area contributed by atoms with Crippen LogP contribution in [-0.4, -0.2) is 37.3 Å². The lowest BCUT2D eigenvalue weighted by Crippen LogP contribution is -2.28. The Labute approximate surface area is 185 Å². The molecule has 0 radical (unpaired) electrons. The molecule has 0 aliphatic heterocycles. The first-order valence-corrected chi connectivity index (χ1v) is 11.5. The third kappa shape index (κ3) is 4.02. The molecule has 4 rings (SSSR count). The molecule has 0 saturated heterocycles. The molecule has 0 aliphatic carbocycles. The Hall–Kier alpha value is -3.49. The Balaban J connectivity index is 1.56. The van der Waals surface area contributed by atoms with E-state index in [1.54, 1.807) is 24.3 Å². The van der Waals surface area contributed by atoms with E-state index in [-0.39, 0.29) is 29.3 Å². The molecule has 0 bridgehead atoms. The van der Waals surface area contributed by atoms with Crippen LogP contribution in [0.3, 0.4) is 0 Å². The molecule has 1 heterocycles. The number of amides is 1. The van der Waals surface area contributed by atoms with E-state index in [1.807, 2.05) is 41.0 Å². The van der Waals surface area contributed by atoms with Crippen LogP contribution in [0.2, 0.25) is 0 Å². The van der Waals surface area contributed by atoms with Crippen molar-refractivity contribution in [2.24, 2.45) is 0 Å². The van der Waals surface area contributed by atoms with Gasteiger partial charge in [0.15, 0.2) is 5.43 Å². The molecule has 8 heteroatoms. The summed E-state index contributed by atoms with van der Waals surface area (Å²) in [6.07, 6.45) is 0. The van der Waals surface area contributed by atoms with Crippen molar-refractivity contribution in [2.45, 2.75) is 18.0 Å². The lowest BCUT2D eigenvalue weighted by molar-refractivity contribution is -0.121. The van der Waals surface area contributed by atoms with Crippen LogP contribution in [-0.2, 0) is 27.9 Å². The average molecular weight is 450 g/mol. The highest BCUT2D eigenvalue weighted by Crippen LogP contribution is 2.19. The molecule has 4 aromatic rings. The van der Waals surface area contributed by atoms with Gasteiger partial charge >= 0.3 is 0 Å². The van der Waals surface area contributed by atoms with E-state index in [1.165, 1.54) is 26.2 Å². The fraction of sp³-hybridized carbons (Fsp3) is 0.167. The lowest BCUT2D eigenvalue weighted by Gasteiger charge is -2.15. The summed E-state index contributed by atoms with van der Waals surface area (Å²) in [5.74, 6) is -0.214. The van der Waals surface area contributed by atoms with Crippen LogP contribution in [0.4, 0.5) is 0 Å². The Kier molecular flexibility index (Phi) is 5.82. The summed E-state index contributed by atoms with van der Waals surface area (Å²) in [6.45, 7) is 0.311. The number of benzene rings is 3. The molecule has 0 fully saturated rings. The van der Waals surface area contributed by atoms with Gasteiger partial charge in [-0.3, -0.25) is 9.59 Å². The third-order valence-electron chi connectivity index (χ3n) is 5.37. The first-order chi connectivity index (χ1) is 15.3. The number of hydrogen-bond acceptors (Lipinski definition) is 4. The summed E-state index contributed by atoms with van der Waals surface area (Å²) in [4.78, 5) is 25.8. The number of carbonyl (C=O) groups is 1.